The van der Waals surface area contributed by atoms with Gasteiger partial charge in [0.15, 0.2) is 0 Å². The molecule has 0 saturated carbocycles. The molecular formula is C24H38Cl2N2O2. The van der Waals surface area contributed by atoms with Crippen molar-refractivity contribution < 1.29 is 9.59 Å². The molecule has 0 saturated heterocycles. The monoisotopic (exact) mass is 456 g/mol. The third-order valence-electron chi connectivity index (χ3n) is 5.60. The summed E-state index contributed by atoms with van der Waals surface area (Å²) in [6.45, 7) is 3.13. The highest BCUT2D eigenvalue weighted by Gasteiger charge is 2.14. The van der Waals surface area contributed by atoms with Crippen molar-refractivity contribution in [3.63, 3.8) is 0 Å². The van der Waals surface area contributed by atoms with Crippen molar-refractivity contribution in [3.05, 3.63) is 35.4 Å². The fraction of sp³-hybridized carbons (Fsp3) is 0.667. The van der Waals surface area contributed by atoms with Gasteiger partial charge >= 0.3 is 0 Å². The predicted molar refractivity (Wildman–Crippen MR) is 128 cm³/mol. The first-order valence-corrected chi connectivity index (χ1v) is 12.2. The van der Waals surface area contributed by atoms with Crippen molar-refractivity contribution in [1.29, 1.82) is 0 Å². The van der Waals surface area contributed by atoms with Crippen molar-refractivity contribution in [2.45, 2.75) is 64.2 Å². The van der Waals surface area contributed by atoms with Gasteiger partial charge in [0, 0.05) is 30.6 Å². The van der Waals surface area contributed by atoms with E-state index >= 15 is 0 Å². The largest absolute Gasteiger partial charge is 0.356 e. The number of hydrogen-bond acceptors (Lipinski definition) is 3. The molecule has 6 heteroatoms. The van der Waals surface area contributed by atoms with Crippen LogP contribution in [0.5, 0.6) is 0 Å². The molecule has 1 aromatic carbocycles. The molecule has 0 aromatic heterocycles. The summed E-state index contributed by atoms with van der Waals surface area (Å²) in [5, 5.41) is 6.07. The van der Waals surface area contributed by atoms with E-state index in [1.54, 1.807) is 6.92 Å². The number of halogens is 2. The van der Waals surface area contributed by atoms with Crippen LogP contribution in [0.25, 0.3) is 0 Å². The molecule has 0 aliphatic carbocycles. The lowest BCUT2D eigenvalue weighted by atomic mass is 9.92. The number of carbonyl (C=O) groups excluding carboxylic acids is 2. The number of aryl methyl sites for hydroxylation is 1. The summed E-state index contributed by atoms with van der Waals surface area (Å²) in [6.07, 6.45) is 6.65. The molecule has 0 aliphatic heterocycles. The molecule has 0 bridgehead atoms. The zero-order valence-electron chi connectivity index (χ0n) is 18.5. The van der Waals surface area contributed by atoms with Crippen LogP contribution < -0.4 is 10.6 Å². The average Bonchev–Trinajstić information content (AvgIpc) is 2.73. The molecule has 0 aliphatic rings. The van der Waals surface area contributed by atoms with Gasteiger partial charge < -0.3 is 10.6 Å². The molecule has 4 nitrogen and oxygen atoms in total. The van der Waals surface area contributed by atoms with Gasteiger partial charge in [-0.15, -0.1) is 23.2 Å². The molecule has 1 unspecified atom stereocenters. The highest BCUT2D eigenvalue weighted by molar-refractivity contribution is 6.18. The Balaban J connectivity index is 2.31. The van der Waals surface area contributed by atoms with Crippen LogP contribution in [-0.4, -0.2) is 43.6 Å². The number of Topliss-reactive ketones (excluding diaryl/α,β-unsaturated/α-hetero) is 1. The molecule has 0 radical (unpaired) electrons. The van der Waals surface area contributed by atoms with Gasteiger partial charge in [0.25, 0.3) is 0 Å². The van der Waals surface area contributed by atoms with Crippen molar-refractivity contribution >= 4 is 34.9 Å². The summed E-state index contributed by atoms with van der Waals surface area (Å²) in [4.78, 5) is 23.8. The summed E-state index contributed by atoms with van der Waals surface area (Å²) in [6, 6.07) is 8.61. The van der Waals surface area contributed by atoms with Gasteiger partial charge in [0.1, 0.15) is 5.78 Å². The van der Waals surface area contributed by atoms with E-state index in [9.17, 15) is 9.59 Å². The third-order valence-corrected chi connectivity index (χ3v) is 6.04. The van der Waals surface area contributed by atoms with E-state index in [4.69, 9.17) is 23.2 Å². The Morgan fingerprint density at radius 2 is 1.60 bits per heavy atom. The average molecular weight is 457 g/mol. The van der Waals surface area contributed by atoms with E-state index in [0.717, 1.165) is 51.5 Å². The van der Waals surface area contributed by atoms with E-state index < -0.39 is 0 Å². The number of alkyl halides is 2. The number of nitrogens with one attached hydrogen (secondary N) is 2. The molecule has 1 rings (SSSR count). The lowest BCUT2D eigenvalue weighted by Gasteiger charge is -2.15. The number of carbonyl (C=O) groups is 2. The van der Waals surface area contributed by atoms with Gasteiger partial charge in [0.2, 0.25) is 5.91 Å². The predicted octanol–water partition coefficient (Wildman–Crippen LogP) is 5.06. The van der Waals surface area contributed by atoms with Crippen LogP contribution in [0.2, 0.25) is 0 Å². The van der Waals surface area contributed by atoms with Gasteiger partial charge in [-0.3, -0.25) is 9.59 Å². The molecule has 2 N–H and O–H groups in total. The second-order valence-electron chi connectivity index (χ2n) is 7.94. The van der Waals surface area contributed by atoms with Gasteiger partial charge in [-0.1, -0.05) is 24.3 Å². The maximum atomic E-state index is 12.1. The molecule has 0 heterocycles. The van der Waals surface area contributed by atoms with Gasteiger partial charge in [-0.2, -0.15) is 0 Å². The molecule has 30 heavy (non-hydrogen) atoms. The quantitative estimate of drug-likeness (QED) is 0.254. The van der Waals surface area contributed by atoms with Gasteiger partial charge in [-0.05, 0) is 82.5 Å². The topological polar surface area (TPSA) is 58.2 Å². The fourth-order valence-electron chi connectivity index (χ4n) is 3.70. The van der Waals surface area contributed by atoms with Crippen molar-refractivity contribution in [3.8, 4) is 0 Å². The van der Waals surface area contributed by atoms with Crippen molar-refractivity contribution in [2.75, 3.05) is 31.9 Å². The number of amides is 1. The summed E-state index contributed by atoms with van der Waals surface area (Å²) in [5.74, 6) is 2.01. The summed E-state index contributed by atoms with van der Waals surface area (Å²) < 4.78 is 0. The molecule has 1 amide bonds. The van der Waals surface area contributed by atoms with E-state index in [-0.39, 0.29) is 17.6 Å². The summed E-state index contributed by atoms with van der Waals surface area (Å²) >= 11 is 11.8. The van der Waals surface area contributed by atoms with Crippen LogP contribution in [0.4, 0.5) is 0 Å². The first-order chi connectivity index (χ1) is 14.5. The van der Waals surface area contributed by atoms with Crippen LogP contribution >= 0.6 is 23.2 Å². The standard InChI is InChI=1S/C24H38Cl2N2O2/c1-19(29)21(6-4-17-27-2)14-18-28-24(30)7-3-5-20-8-10-22(11-9-20)23(12-15-25)13-16-26/h8-11,21,23,27H,3-7,12-18H2,1-2H3,(H,28,30). The van der Waals surface area contributed by atoms with Crippen LogP contribution in [0.15, 0.2) is 24.3 Å². The molecule has 170 valence electrons. The second-order valence-corrected chi connectivity index (χ2v) is 8.70. The van der Waals surface area contributed by atoms with E-state index in [1.807, 2.05) is 7.05 Å². The van der Waals surface area contributed by atoms with Crippen LogP contribution in [0, 0.1) is 5.92 Å². The van der Waals surface area contributed by atoms with Gasteiger partial charge in [-0.25, -0.2) is 0 Å². The molecule has 1 atom stereocenters. The second kappa shape index (κ2) is 16.6. The summed E-state index contributed by atoms with van der Waals surface area (Å²) in [5.41, 5.74) is 2.52. The minimum Gasteiger partial charge on any atom is -0.356 e. The molecule has 1 aromatic rings. The highest BCUT2D eigenvalue weighted by Crippen LogP contribution is 2.25. The smallest absolute Gasteiger partial charge is 0.220 e. The summed E-state index contributed by atoms with van der Waals surface area (Å²) in [7, 11) is 1.91. The first-order valence-electron chi connectivity index (χ1n) is 11.1. The van der Waals surface area contributed by atoms with Gasteiger partial charge in [0.05, 0.1) is 0 Å². The maximum absolute atomic E-state index is 12.1. The Morgan fingerprint density at radius 3 is 2.17 bits per heavy atom. The normalized spacial score (nSPS) is 12.2. The first kappa shape index (κ1) is 26.9. The third kappa shape index (κ3) is 11.3. The molecular weight excluding hydrogens is 419 g/mol. The Hall–Kier alpha value is -1.10. The lowest BCUT2D eigenvalue weighted by molar-refractivity contribution is -0.123. The lowest BCUT2D eigenvalue weighted by Crippen LogP contribution is -2.27. The maximum Gasteiger partial charge on any atom is 0.220 e. The van der Waals surface area contributed by atoms with Crippen molar-refractivity contribution in [2.24, 2.45) is 5.92 Å². The minimum absolute atomic E-state index is 0.0404. The molecule has 0 fully saturated rings. The Bertz CT molecular complexity index is 602. The van der Waals surface area contributed by atoms with E-state index in [1.165, 1.54) is 11.1 Å². The number of ketones is 1. The fourth-order valence-corrected chi connectivity index (χ4v) is 4.23. The van der Waals surface area contributed by atoms with Crippen LogP contribution in [-0.2, 0) is 16.0 Å². The Labute approximate surface area is 192 Å². The van der Waals surface area contributed by atoms with E-state index in [2.05, 4.69) is 34.9 Å². The minimum atomic E-state index is 0.0404. The number of rotatable bonds is 17. The van der Waals surface area contributed by atoms with Crippen LogP contribution in [0.3, 0.4) is 0 Å². The van der Waals surface area contributed by atoms with Crippen LogP contribution in [0.1, 0.15) is 68.9 Å². The van der Waals surface area contributed by atoms with Crippen molar-refractivity contribution in [1.82, 2.24) is 10.6 Å². The Morgan fingerprint density at radius 1 is 0.933 bits per heavy atom. The number of benzene rings is 1. The highest BCUT2D eigenvalue weighted by atomic mass is 35.5. The SMILES string of the molecule is CNCCCC(CCNC(=O)CCCc1ccc(C(CCCl)CCCl)cc1)C(C)=O. The Kier molecular flexibility index (Phi) is 14.9. The zero-order chi connectivity index (χ0) is 22.2. The van der Waals surface area contributed by atoms with E-state index in [0.29, 0.717) is 30.6 Å². The zero-order valence-corrected chi connectivity index (χ0v) is 20.0. The molecule has 0 spiro atoms. The number of hydrogen-bond donors (Lipinski definition) is 2.